The summed E-state index contributed by atoms with van der Waals surface area (Å²) in [6.07, 6.45) is 2.74. The molecule has 0 saturated carbocycles. The quantitative estimate of drug-likeness (QED) is 0.799. The molecule has 2 aromatic carbocycles. The van der Waals surface area contributed by atoms with Crippen LogP contribution in [-0.2, 0) is 10.0 Å². The van der Waals surface area contributed by atoms with Crippen LogP contribution in [0.5, 0.6) is 0 Å². The van der Waals surface area contributed by atoms with Crippen LogP contribution in [-0.4, -0.2) is 37.5 Å². The summed E-state index contributed by atoms with van der Waals surface area (Å²) < 4.78 is 27.1. The molecule has 1 aliphatic rings. The molecule has 1 fully saturated rings. The standard InChI is InChI=1S/C20H22N2O4S/c1-15(23)16-7-5-9-18(13-16)21-20(24)17-8-6-10-19(14-17)27(25,26)22-11-3-2-4-12-22/h5-10,13-14H,2-4,11-12H2,1H3,(H,21,24). The first-order valence-electron chi connectivity index (χ1n) is 8.90. The number of carbonyl (C=O) groups excluding carboxylic acids is 2. The topological polar surface area (TPSA) is 83.5 Å². The molecule has 0 aliphatic carbocycles. The van der Waals surface area contributed by atoms with E-state index in [9.17, 15) is 18.0 Å². The van der Waals surface area contributed by atoms with E-state index in [1.807, 2.05) is 0 Å². The van der Waals surface area contributed by atoms with E-state index in [0.29, 0.717) is 24.3 Å². The van der Waals surface area contributed by atoms with Crippen LogP contribution in [0.25, 0.3) is 0 Å². The average Bonchev–Trinajstić information content (AvgIpc) is 2.69. The van der Waals surface area contributed by atoms with Gasteiger partial charge in [-0.2, -0.15) is 4.31 Å². The Labute approximate surface area is 159 Å². The van der Waals surface area contributed by atoms with E-state index in [4.69, 9.17) is 0 Å². The van der Waals surface area contributed by atoms with Gasteiger partial charge in [-0.05, 0) is 50.1 Å². The largest absolute Gasteiger partial charge is 0.322 e. The number of piperidine rings is 1. The molecule has 2 aromatic rings. The summed E-state index contributed by atoms with van der Waals surface area (Å²) in [5.41, 5.74) is 1.23. The van der Waals surface area contributed by atoms with Gasteiger partial charge in [0, 0.05) is 29.9 Å². The molecule has 1 heterocycles. The summed E-state index contributed by atoms with van der Waals surface area (Å²) in [5.74, 6) is -0.521. The summed E-state index contributed by atoms with van der Waals surface area (Å²) in [5, 5.41) is 2.71. The smallest absolute Gasteiger partial charge is 0.255 e. The van der Waals surface area contributed by atoms with E-state index in [0.717, 1.165) is 19.3 Å². The normalized spacial score (nSPS) is 15.3. The Morgan fingerprint density at radius 3 is 2.30 bits per heavy atom. The molecule has 142 valence electrons. The zero-order valence-electron chi connectivity index (χ0n) is 15.1. The van der Waals surface area contributed by atoms with Crippen molar-refractivity contribution in [3.05, 3.63) is 59.7 Å². The second-order valence-corrected chi connectivity index (χ2v) is 8.52. The Hall–Kier alpha value is -2.51. The van der Waals surface area contributed by atoms with Crippen molar-refractivity contribution in [2.24, 2.45) is 0 Å². The van der Waals surface area contributed by atoms with Crippen LogP contribution >= 0.6 is 0 Å². The monoisotopic (exact) mass is 386 g/mol. The molecule has 0 aromatic heterocycles. The number of hydrogen-bond donors (Lipinski definition) is 1. The Morgan fingerprint density at radius 1 is 0.926 bits per heavy atom. The van der Waals surface area contributed by atoms with Gasteiger partial charge in [0.05, 0.1) is 4.90 Å². The molecule has 7 heteroatoms. The number of nitrogens with zero attached hydrogens (tertiary/aromatic N) is 1. The van der Waals surface area contributed by atoms with Crippen LogP contribution in [0.3, 0.4) is 0 Å². The summed E-state index contributed by atoms with van der Waals surface area (Å²) in [4.78, 5) is 24.1. The van der Waals surface area contributed by atoms with E-state index >= 15 is 0 Å². The fourth-order valence-corrected chi connectivity index (χ4v) is 4.63. The van der Waals surface area contributed by atoms with Gasteiger partial charge in [0.15, 0.2) is 5.78 Å². The van der Waals surface area contributed by atoms with Gasteiger partial charge < -0.3 is 5.32 Å². The Bertz CT molecular complexity index is 963. The van der Waals surface area contributed by atoms with E-state index < -0.39 is 15.9 Å². The van der Waals surface area contributed by atoms with Crippen molar-refractivity contribution in [3.63, 3.8) is 0 Å². The third kappa shape index (κ3) is 4.43. The van der Waals surface area contributed by atoms with Crippen molar-refractivity contribution in [2.45, 2.75) is 31.1 Å². The lowest BCUT2D eigenvalue weighted by Crippen LogP contribution is -2.35. The van der Waals surface area contributed by atoms with Crippen LogP contribution in [0.1, 0.15) is 46.9 Å². The third-order valence-corrected chi connectivity index (χ3v) is 6.47. The minimum atomic E-state index is -3.60. The van der Waals surface area contributed by atoms with Crippen molar-refractivity contribution in [3.8, 4) is 0 Å². The van der Waals surface area contributed by atoms with Crippen molar-refractivity contribution in [2.75, 3.05) is 18.4 Å². The first-order chi connectivity index (χ1) is 12.9. The zero-order valence-corrected chi connectivity index (χ0v) is 16.0. The Kier molecular flexibility index (Phi) is 5.72. The van der Waals surface area contributed by atoms with E-state index in [2.05, 4.69) is 5.32 Å². The summed E-state index contributed by atoms with van der Waals surface area (Å²) in [6, 6.07) is 12.7. The first kappa shape index (κ1) is 19.3. The van der Waals surface area contributed by atoms with Crippen molar-refractivity contribution in [1.29, 1.82) is 0 Å². The number of benzene rings is 2. The lowest BCUT2D eigenvalue weighted by atomic mass is 10.1. The maximum atomic E-state index is 12.8. The number of carbonyl (C=O) groups is 2. The van der Waals surface area contributed by atoms with Crippen LogP contribution in [0.4, 0.5) is 5.69 Å². The second-order valence-electron chi connectivity index (χ2n) is 6.58. The molecule has 1 amide bonds. The molecule has 0 radical (unpaired) electrons. The molecule has 3 rings (SSSR count). The Balaban J connectivity index is 1.81. The van der Waals surface area contributed by atoms with Crippen LogP contribution in [0.2, 0.25) is 0 Å². The maximum Gasteiger partial charge on any atom is 0.255 e. The van der Waals surface area contributed by atoms with E-state index in [1.54, 1.807) is 36.4 Å². The first-order valence-corrected chi connectivity index (χ1v) is 10.3. The maximum absolute atomic E-state index is 12.8. The molecule has 0 atom stereocenters. The number of rotatable bonds is 5. The number of amides is 1. The molecule has 1 aliphatic heterocycles. The van der Waals surface area contributed by atoms with Gasteiger partial charge in [-0.3, -0.25) is 9.59 Å². The van der Waals surface area contributed by atoms with Gasteiger partial charge in [-0.25, -0.2) is 8.42 Å². The van der Waals surface area contributed by atoms with Crippen LogP contribution < -0.4 is 5.32 Å². The Morgan fingerprint density at radius 2 is 1.59 bits per heavy atom. The highest BCUT2D eigenvalue weighted by atomic mass is 32.2. The molecular weight excluding hydrogens is 364 g/mol. The highest BCUT2D eigenvalue weighted by Crippen LogP contribution is 2.22. The third-order valence-electron chi connectivity index (χ3n) is 4.58. The minimum Gasteiger partial charge on any atom is -0.322 e. The SMILES string of the molecule is CC(=O)c1cccc(NC(=O)c2cccc(S(=O)(=O)N3CCCCC3)c2)c1. The lowest BCUT2D eigenvalue weighted by Gasteiger charge is -2.26. The van der Waals surface area contributed by atoms with Gasteiger partial charge in [0.1, 0.15) is 0 Å². The minimum absolute atomic E-state index is 0.0966. The summed E-state index contributed by atoms with van der Waals surface area (Å²) in [7, 11) is -3.60. The average molecular weight is 386 g/mol. The van der Waals surface area contributed by atoms with Crippen LogP contribution in [0.15, 0.2) is 53.4 Å². The van der Waals surface area contributed by atoms with Crippen molar-refractivity contribution in [1.82, 2.24) is 4.31 Å². The van der Waals surface area contributed by atoms with Gasteiger partial charge in [0.25, 0.3) is 5.91 Å². The zero-order chi connectivity index (χ0) is 19.4. The van der Waals surface area contributed by atoms with Gasteiger partial charge >= 0.3 is 0 Å². The molecule has 27 heavy (non-hydrogen) atoms. The van der Waals surface area contributed by atoms with Gasteiger partial charge in [-0.15, -0.1) is 0 Å². The van der Waals surface area contributed by atoms with Gasteiger partial charge in [-0.1, -0.05) is 24.6 Å². The molecule has 0 unspecified atom stereocenters. The highest BCUT2D eigenvalue weighted by Gasteiger charge is 2.26. The molecular formula is C20H22N2O4S. The number of anilines is 1. The van der Waals surface area contributed by atoms with Crippen molar-refractivity contribution < 1.29 is 18.0 Å². The summed E-state index contributed by atoms with van der Waals surface area (Å²) >= 11 is 0. The number of ketones is 1. The predicted octanol–water partition coefficient (Wildman–Crippen LogP) is 3.32. The predicted molar refractivity (Wildman–Crippen MR) is 103 cm³/mol. The molecule has 1 saturated heterocycles. The fourth-order valence-electron chi connectivity index (χ4n) is 3.07. The van der Waals surface area contributed by atoms with Gasteiger partial charge in [0.2, 0.25) is 10.0 Å². The fraction of sp³-hybridized carbons (Fsp3) is 0.300. The highest BCUT2D eigenvalue weighted by molar-refractivity contribution is 7.89. The molecule has 0 spiro atoms. The molecule has 1 N–H and O–H groups in total. The number of sulfonamides is 1. The van der Waals surface area contributed by atoms with Crippen LogP contribution in [0, 0.1) is 0 Å². The van der Waals surface area contributed by atoms with E-state index in [-0.39, 0.29) is 16.2 Å². The number of hydrogen-bond acceptors (Lipinski definition) is 4. The number of Topliss-reactive ketones (excluding diaryl/α,β-unsaturated/α-hetero) is 1. The van der Waals surface area contributed by atoms with Crippen molar-refractivity contribution >= 4 is 27.4 Å². The lowest BCUT2D eigenvalue weighted by molar-refractivity contribution is 0.101. The molecule has 6 nitrogen and oxygen atoms in total. The molecule has 0 bridgehead atoms. The van der Waals surface area contributed by atoms with E-state index in [1.165, 1.54) is 23.4 Å². The second kappa shape index (κ2) is 8.02. The number of nitrogens with one attached hydrogen (secondary N) is 1. The summed E-state index contributed by atoms with van der Waals surface area (Å²) in [6.45, 7) is 2.48.